The van der Waals surface area contributed by atoms with Crippen LogP contribution in [0.3, 0.4) is 0 Å². The molecule has 0 aliphatic heterocycles. The Morgan fingerprint density at radius 1 is 1.43 bits per heavy atom. The molecule has 0 saturated heterocycles. The normalized spacial score (nSPS) is 11.2. The van der Waals surface area contributed by atoms with Gasteiger partial charge >= 0.3 is 17.6 Å². The van der Waals surface area contributed by atoms with Crippen molar-refractivity contribution in [1.29, 1.82) is 0 Å². The maximum atomic E-state index is 12.0. The maximum absolute atomic E-state index is 12.0. The van der Waals surface area contributed by atoms with Gasteiger partial charge in [-0.05, 0) is 25.5 Å². The highest BCUT2D eigenvalue weighted by Gasteiger charge is 2.26. The molecule has 0 heterocycles. The maximum Gasteiger partial charge on any atom is 0.353 e. The average molecular weight is 321 g/mol. The predicted octanol–water partition coefficient (Wildman–Crippen LogP) is 2.21. The Balaban J connectivity index is 2.99. The highest BCUT2D eigenvalue weighted by molar-refractivity contribution is 5.90. The Bertz CT molecular complexity index is 666. The summed E-state index contributed by atoms with van der Waals surface area (Å²) in [5.74, 6) is -2.06. The molecule has 0 aliphatic rings. The van der Waals surface area contributed by atoms with Gasteiger partial charge in [0.05, 0.1) is 4.92 Å². The van der Waals surface area contributed by atoms with Crippen LogP contribution in [0, 0.1) is 10.1 Å². The van der Waals surface area contributed by atoms with Gasteiger partial charge in [-0.25, -0.2) is 9.59 Å². The quantitative estimate of drug-likeness (QED) is 0.189. The fraction of sp³-hybridized carbons (Fsp3) is 0.267. The average Bonchev–Trinajstić information content (AvgIpc) is 2.52. The number of carbonyl (C=O) groups excluding carboxylic acids is 3. The second-order valence-electron chi connectivity index (χ2n) is 4.61. The summed E-state index contributed by atoms with van der Waals surface area (Å²) in [5, 5.41) is 11.0. The number of benzene rings is 1. The number of nitrogens with zero attached hydrogens (tertiary/aromatic N) is 1. The summed E-state index contributed by atoms with van der Waals surface area (Å²) in [7, 11) is 0. The molecule has 122 valence electrons. The van der Waals surface area contributed by atoms with Crippen molar-refractivity contribution in [3.63, 3.8) is 0 Å². The molecule has 1 atom stereocenters. The third kappa shape index (κ3) is 4.73. The molecule has 0 spiro atoms. The molecule has 1 aromatic rings. The highest BCUT2D eigenvalue weighted by atomic mass is 16.6. The fourth-order valence-corrected chi connectivity index (χ4v) is 1.54. The van der Waals surface area contributed by atoms with Gasteiger partial charge in [-0.15, -0.1) is 0 Å². The molecule has 0 bridgehead atoms. The first kappa shape index (κ1) is 18.0. The highest BCUT2D eigenvalue weighted by Crippen LogP contribution is 2.28. The molecule has 0 N–H and O–H groups in total. The minimum absolute atomic E-state index is 0.0669. The molecule has 0 radical (unpaired) electrons. The summed E-state index contributed by atoms with van der Waals surface area (Å²) in [4.78, 5) is 44.3. The molecule has 0 saturated carbocycles. The largest absolute Gasteiger partial charge is 0.447 e. The van der Waals surface area contributed by atoms with Crippen LogP contribution in [0.2, 0.25) is 0 Å². The van der Waals surface area contributed by atoms with Gasteiger partial charge in [0.15, 0.2) is 6.10 Å². The van der Waals surface area contributed by atoms with Gasteiger partial charge in [0, 0.05) is 17.2 Å². The summed E-state index contributed by atoms with van der Waals surface area (Å²) in [6.07, 6.45) is -0.662. The van der Waals surface area contributed by atoms with E-state index in [0.717, 1.165) is 12.1 Å². The molecular weight excluding hydrogens is 306 g/mol. The van der Waals surface area contributed by atoms with Gasteiger partial charge in [0.1, 0.15) is 6.29 Å². The lowest BCUT2D eigenvalue weighted by atomic mass is 10.2. The van der Waals surface area contributed by atoms with Crippen molar-refractivity contribution in [2.24, 2.45) is 0 Å². The molecule has 8 heteroatoms. The third-order valence-electron chi connectivity index (χ3n) is 2.76. The predicted molar refractivity (Wildman–Crippen MR) is 79.1 cm³/mol. The van der Waals surface area contributed by atoms with E-state index in [-0.39, 0.29) is 23.3 Å². The number of rotatable bonds is 7. The van der Waals surface area contributed by atoms with Crippen LogP contribution in [0.5, 0.6) is 5.75 Å². The van der Waals surface area contributed by atoms with Gasteiger partial charge in [-0.1, -0.05) is 13.5 Å². The minimum atomic E-state index is -1.22. The third-order valence-corrected chi connectivity index (χ3v) is 2.76. The van der Waals surface area contributed by atoms with E-state index in [1.807, 2.05) is 0 Å². The number of carbonyl (C=O) groups is 3. The van der Waals surface area contributed by atoms with Gasteiger partial charge in [0.2, 0.25) is 5.75 Å². The molecular formula is C15H15NO7. The first-order valence-electron chi connectivity index (χ1n) is 6.62. The standard InChI is InChI=1S/C15H15NO7/c1-4-12(22-14(18)9(2)3)15(19)23-13-6-5-10(8-17)7-11(13)16(20)21/h5-8,12H,2,4H2,1,3H3. The summed E-state index contributed by atoms with van der Waals surface area (Å²) >= 11 is 0. The zero-order valence-corrected chi connectivity index (χ0v) is 12.6. The molecule has 1 rings (SSSR count). The van der Waals surface area contributed by atoms with Crippen molar-refractivity contribution >= 4 is 23.9 Å². The van der Waals surface area contributed by atoms with Crippen molar-refractivity contribution in [2.75, 3.05) is 0 Å². The van der Waals surface area contributed by atoms with Crippen LogP contribution in [-0.4, -0.2) is 29.3 Å². The Morgan fingerprint density at radius 2 is 2.09 bits per heavy atom. The summed E-state index contributed by atoms with van der Waals surface area (Å²) in [5.41, 5.74) is -0.362. The van der Waals surface area contributed by atoms with Crippen molar-refractivity contribution in [3.05, 3.63) is 46.0 Å². The fourth-order valence-electron chi connectivity index (χ4n) is 1.54. The van der Waals surface area contributed by atoms with E-state index in [9.17, 15) is 24.5 Å². The molecule has 23 heavy (non-hydrogen) atoms. The number of esters is 2. The van der Waals surface area contributed by atoms with Crippen molar-refractivity contribution in [3.8, 4) is 5.75 Å². The van der Waals surface area contributed by atoms with E-state index in [1.165, 1.54) is 13.0 Å². The van der Waals surface area contributed by atoms with E-state index >= 15 is 0 Å². The van der Waals surface area contributed by atoms with Gasteiger partial charge in [-0.2, -0.15) is 0 Å². The number of ether oxygens (including phenoxy) is 2. The van der Waals surface area contributed by atoms with Crippen molar-refractivity contribution in [1.82, 2.24) is 0 Å². The van der Waals surface area contributed by atoms with Gasteiger partial charge < -0.3 is 9.47 Å². The second kappa shape index (κ2) is 7.83. The minimum Gasteiger partial charge on any atom is -0.447 e. The van der Waals surface area contributed by atoms with E-state index in [1.54, 1.807) is 6.92 Å². The lowest BCUT2D eigenvalue weighted by Gasteiger charge is -2.15. The monoisotopic (exact) mass is 321 g/mol. The van der Waals surface area contributed by atoms with Crippen LogP contribution in [0.15, 0.2) is 30.4 Å². The second-order valence-corrected chi connectivity index (χ2v) is 4.61. The van der Waals surface area contributed by atoms with E-state index in [4.69, 9.17) is 9.47 Å². The smallest absolute Gasteiger partial charge is 0.353 e. The van der Waals surface area contributed by atoms with Gasteiger partial charge in [-0.3, -0.25) is 14.9 Å². The molecule has 1 aromatic carbocycles. The Labute approximate surface area is 131 Å². The molecule has 0 fully saturated rings. The number of nitro benzene ring substituents is 1. The first-order valence-corrected chi connectivity index (χ1v) is 6.62. The molecule has 0 amide bonds. The summed E-state index contributed by atoms with van der Waals surface area (Å²) in [6.45, 7) is 6.40. The van der Waals surface area contributed by atoms with Gasteiger partial charge in [0.25, 0.3) is 0 Å². The lowest BCUT2D eigenvalue weighted by molar-refractivity contribution is -0.385. The van der Waals surface area contributed by atoms with E-state index in [2.05, 4.69) is 6.58 Å². The van der Waals surface area contributed by atoms with Crippen molar-refractivity contribution in [2.45, 2.75) is 26.4 Å². The lowest BCUT2D eigenvalue weighted by Crippen LogP contribution is -2.31. The zero-order valence-electron chi connectivity index (χ0n) is 12.6. The van der Waals surface area contributed by atoms with E-state index in [0.29, 0.717) is 6.29 Å². The number of nitro groups is 1. The molecule has 1 unspecified atom stereocenters. The number of hydrogen-bond donors (Lipinski definition) is 0. The van der Waals surface area contributed by atoms with Crippen molar-refractivity contribution < 1.29 is 28.8 Å². The van der Waals surface area contributed by atoms with E-state index < -0.39 is 28.7 Å². The Hall–Kier alpha value is -3.03. The molecule has 0 aliphatic carbocycles. The number of aldehydes is 1. The number of hydrogen-bond acceptors (Lipinski definition) is 7. The first-order chi connectivity index (χ1) is 10.8. The SMILES string of the molecule is C=C(C)C(=O)OC(CC)C(=O)Oc1ccc(C=O)cc1[N+](=O)[O-]. The van der Waals surface area contributed by atoms with Crippen LogP contribution < -0.4 is 4.74 Å². The Kier molecular flexibility index (Phi) is 6.13. The molecule has 8 nitrogen and oxygen atoms in total. The molecule has 0 aromatic heterocycles. The van der Waals surface area contributed by atoms with Crippen LogP contribution >= 0.6 is 0 Å². The Morgan fingerprint density at radius 3 is 2.57 bits per heavy atom. The summed E-state index contributed by atoms with van der Waals surface area (Å²) in [6, 6.07) is 3.38. The summed E-state index contributed by atoms with van der Waals surface area (Å²) < 4.78 is 9.84. The van der Waals surface area contributed by atoms with Crippen LogP contribution in [0.1, 0.15) is 30.6 Å². The topological polar surface area (TPSA) is 113 Å². The zero-order chi connectivity index (χ0) is 17.6. The van der Waals surface area contributed by atoms with Crippen LogP contribution in [-0.2, 0) is 14.3 Å². The van der Waals surface area contributed by atoms with Crippen LogP contribution in [0.25, 0.3) is 0 Å². The van der Waals surface area contributed by atoms with Crippen LogP contribution in [0.4, 0.5) is 5.69 Å².